The van der Waals surface area contributed by atoms with Crippen molar-refractivity contribution in [2.75, 3.05) is 13.2 Å². The maximum absolute atomic E-state index is 12.6. The van der Waals surface area contributed by atoms with E-state index in [0.717, 1.165) is 0 Å². The second kappa shape index (κ2) is 8.08. The molecule has 0 saturated carbocycles. The fourth-order valence-electron chi connectivity index (χ4n) is 2.58. The van der Waals surface area contributed by atoms with Crippen LogP contribution in [0.5, 0.6) is 5.75 Å². The highest BCUT2D eigenvalue weighted by Gasteiger charge is 2.15. The van der Waals surface area contributed by atoms with Crippen LogP contribution in [-0.4, -0.2) is 29.9 Å². The standard InChI is InChI=1S/C20H23NO4.ClH/c1-20(2,3)21-11-13(22)12-24-17-10-6-8-15-18(23)14-7-4-5-9-16(14)25-19(15)17;/h4-10,13,21-22H,11-12H2,1-3H3;1H. The summed E-state index contributed by atoms with van der Waals surface area (Å²) in [6.07, 6.45) is -0.665. The minimum absolute atomic E-state index is 0. The van der Waals surface area contributed by atoms with Gasteiger partial charge < -0.3 is 19.6 Å². The van der Waals surface area contributed by atoms with Gasteiger partial charge in [-0.15, -0.1) is 12.4 Å². The fourth-order valence-corrected chi connectivity index (χ4v) is 2.58. The number of fused-ring (bicyclic) bond motifs is 2. The molecule has 0 saturated heterocycles. The van der Waals surface area contributed by atoms with Gasteiger partial charge in [-0.25, -0.2) is 0 Å². The third-order valence-corrected chi connectivity index (χ3v) is 3.87. The van der Waals surface area contributed by atoms with E-state index in [1.165, 1.54) is 0 Å². The number of aliphatic hydroxyl groups excluding tert-OH is 1. The predicted octanol–water partition coefficient (Wildman–Crippen LogP) is 3.50. The molecule has 0 fully saturated rings. The van der Waals surface area contributed by atoms with E-state index in [0.29, 0.717) is 34.2 Å². The number of hydrogen-bond acceptors (Lipinski definition) is 5. The number of benzene rings is 2. The maximum Gasteiger partial charge on any atom is 0.200 e. The first-order chi connectivity index (χ1) is 11.8. The molecule has 0 bridgehead atoms. The highest BCUT2D eigenvalue weighted by Crippen LogP contribution is 2.27. The molecule has 2 aromatic carbocycles. The second-order valence-corrected chi connectivity index (χ2v) is 7.16. The van der Waals surface area contributed by atoms with Crippen molar-refractivity contribution < 1.29 is 14.3 Å². The number of ether oxygens (including phenoxy) is 1. The zero-order valence-electron chi connectivity index (χ0n) is 15.1. The Kier molecular flexibility index (Phi) is 6.29. The van der Waals surface area contributed by atoms with Gasteiger partial charge in [0, 0.05) is 12.1 Å². The molecule has 1 unspecified atom stereocenters. The summed E-state index contributed by atoms with van der Waals surface area (Å²) in [5, 5.41) is 14.3. The molecule has 0 aliphatic heterocycles. The molecule has 0 aliphatic carbocycles. The summed E-state index contributed by atoms with van der Waals surface area (Å²) < 4.78 is 11.6. The number of hydrogen-bond donors (Lipinski definition) is 2. The summed E-state index contributed by atoms with van der Waals surface area (Å²) in [5.41, 5.74) is 0.761. The van der Waals surface area contributed by atoms with Gasteiger partial charge in [-0.3, -0.25) is 4.79 Å². The Bertz CT molecular complexity index is 946. The van der Waals surface area contributed by atoms with Gasteiger partial charge >= 0.3 is 0 Å². The van der Waals surface area contributed by atoms with Crippen molar-refractivity contribution in [3.05, 3.63) is 52.7 Å². The fraction of sp³-hybridized carbons (Fsp3) is 0.350. The minimum Gasteiger partial charge on any atom is -0.487 e. The topological polar surface area (TPSA) is 71.7 Å². The Hall–Kier alpha value is -2.08. The first-order valence-electron chi connectivity index (χ1n) is 8.35. The molecule has 5 nitrogen and oxygen atoms in total. The summed E-state index contributed by atoms with van der Waals surface area (Å²) in [4.78, 5) is 12.6. The summed E-state index contributed by atoms with van der Waals surface area (Å²) in [5.74, 6) is 0.454. The molecule has 1 aromatic heterocycles. The van der Waals surface area contributed by atoms with Gasteiger partial charge in [-0.05, 0) is 45.0 Å². The van der Waals surface area contributed by atoms with Gasteiger partial charge in [0.2, 0.25) is 5.43 Å². The highest BCUT2D eigenvalue weighted by atomic mass is 35.5. The van der Waals surface area contributed by atoms with Crippen LogP contribution in [0, 0.1) is 0 Å². The summed E-state index contributed by atoms with van der Waals surface area (Å²) in [6.45, 7) is 6.63. The number of aliphatic hydroxyl groups is 1. The Labute approximate surface area is 158 Å². The Morgan fingerprint density at radius 3 is 2.54 bits per heavy atom. The molecular formula is C20H24ClNO4. The van der Waals surface area contributed by atoms with E-state index in [1.54, 1.807) is 30.3 Å². The van der Waals surface area contributed by atoms with Gasteiger partial charge in [0.15, 0.2) is 11.3 Å². The van der Waals surface area contributed by atoms with E-state index >= 15 is 0 Å². The zero-order valence-corrected chi connectivity index (χ0v) is 15.9. The molecule has 0 radical (unpaired) electrons. The molecule has 0 amide bonds. The minimum atomic E-state index is -0.665. The lowest BCUT2D eigenvalue weighted by Crippen LogP contribution is -2.42. The predicted molar refractivity (Wildman–Crippen MR) is 106 cm³/mol. The first-order valence-corrected chi connectivity index (χ1v) is 8.35. The molecule has 26 heavy (non-hydrogen) atoms. The van der Waals surface area contributed by atoms with Crippen LogP contribution in [0.3, 0.4) is 0 Å². The lowest BCUT2D eigenvalue weighted by molar-refractivity contribution is 0.100. The highest BCUT2D eigenvalue weighted by molar-refractivity contribution is 5.92. The zero-order chi connectivity index (χ0) is 18.0. The van der Waals surface area contributed by atoms with Crippen molar-refractivity contribution in [1.29, 1.82) is 0 Å². The Morgan fingerprint density at radius 2 is 1.81 bits per heavy atom. The molecule has 1 atom stereocenters. The lowest BCUT2D eigenvalue weighted by atomic mass is 10.1. The Morgan fingerprint density at radius 1 is 1.12 bits per heavy atom. The second-order valence-electron chi connectivity index (χ2n) is 7.16. The van der Waals surface area contributed by atoms with Crippen LogP contribution in [0.25, 0.3) is 21.9 Å². The average molecular weight is 378 g/mol. The van der Waals surface area contributed by atoms with E-state index in [9.17, 15) is 9.90 Å². The summed E-state index contributed by atoms with van der Waals surface area (Å²) in [7, 11) is 0. The van der Waals surface area contributed by atoms with Gasteiger partial charge in [-0.2, -0.15) is 0 Å². The van der Waals surface area contributed by atoms with Crippen molar-refractivity contribution in [3.8, 4) is 5.75 Å². The molecule has 1 heterocycles. The van der Waals surface area contributed by atoms with Gasteiger partial charge in [0.05, 0.1) is 10.8 Å². The van der Waals surface area contributed by atoms with Crippen molar-refractivity contribution in [3.63, 3.8) is 0 Å². The normalized spacial score (nSPS) is 12.8. The number of rotatable bonds is 5. The van der Waals surface area contributed by atoms with Crippen LogP contribution in [0.2, 0.25) is 0 Å². The van der Waals surface area contributed by atoms with Crippen molar-refractivity contribution >= 4 is 34.3 Å². The quantitative estimate of drug-likeness (QED) is 0.666. The van der Waals surface area contributed by atoms with Gasteiger partial charge in [0.1, 0.15) is 18.3 Å². The lowest BCUT2D eigenvalue weighted by Gasteiger charge is -2.23. The van der Waals surface area contributed by atoms with E-state index in [2.05, 4.69) is 5.32 Å². The number of para-hydroxylation sites is 2. The molecule has 140 valence electrons. The maximum atomic E-state index is 12.6. The van der Waals surface area contributed by atoms with Gasteiger partial charge in [0.25, 0.3) is 0 Å². The molecular weight excluding hydrogens is 354 g/mol. The smallest absolute Gasteiger partial charge is 0.200 e. The van der Waals surface area contributed by atoms with Crippen molar-refractivity contribution in [2.45, 2.75) is 32.4 Å². The molecule has 2 N–H and O–H groups in total. The van der Waals surface area contributed by atoms with Crippen LogP contribution >= 0.6 is 12.4 Å². The van der Waals surface area contributed by atoms with Crippen LogP contribution in [0.1, 0.15) is 20.8 Å². The van der Waals surface area contributed by atoms with Crippen LogP contribution in [-0.2, 0) is 0 Å². The third-order valence-electron chi connectivity index (χ3n) is 3.87. The van der Waals surface area contributed by atoms with Crippen LogP contribution < -0.4 is 15.5 Å². The molecule has 3 aromatic rings. The molecule has 0 spiro atoms. The van der Waals surface area contributed by atoms with Crippen LogP contribution in [0.4, 0.5) is 0 Å². The monoisotopic (exact) mass is 377 g/mol. The number of β-amino-alcohol motifs (C(OH)–C–C–N with tert-alkyl or cyclic N) is 1. The largest absolute Gasteiger partial charge is 0.487 e. The van der Waals surface area contributed by atoms with E-state index in [1.807, 2.05) is 32.9 Å². The third kappa shape index (κ3) is 4.55. The van der Waals surface area contributed by atoms with E-state index < -0.39 is 6.10 Å². The van der Waals surface area contributed by atoms with Crippen LogP contribution in [0.15, 0.2) is 51.7 Å². The van der Waals surface area contributed by atoms with Gasteiger partial charge in [-0.1, -0.05) is 18.2 Å². The number of halogens is 1. The van der Waals surface area contributed by atoms with Crippen molar-refractivity contribution in [1.82, 2.24) is 5.32 Å². The SMILES string of the molecule is CC(C)(C)NCC(O)COc1cccc2c(=O)c3ccccc3oc12.Cl. The first kappa shape index (κ1) is 20.2. The average Bonchev–Trinajstić information content (AvgIpc) is 2.58. The Balaban J connectivity index is 0.00000243. The summed E-state index contributed by atoms with van der Waals surface area (Å²) in [6, 6.07) is 12.3. The summed E-state index contributed by atoms with van der Waals surface area (Å²) >= 11 is 0. The number of nitrogens with one attached hydrogen (secondary N) is 1. The van der Waals surface area contributed by atoms with E-state index in [-0.39, 0.29) is 30.0 Å². The molecule has 0 aliphatic rings. The van der Waals surface area contributed by atoms with E-state index in [4.69, 9.17) is 9.15 Å². The molecule has 6 heteroatoms. The van der Waals surface area contributed by atoms with Crippen molar-refractivity contribution in [2.24, 2.45) is 0 Å². The molecule has 3 rings (SSSR count).